The van der Waals surface area contributed by atoms with Gasteiger partial charge in [0.25, 0.3) is 0 Å². The van der Waals surface area contributed by atoms with Gasteiger partial charge in [-0.05, 0) is 22.4 Å². The highest BCUT2D eigenvalue weighted by molar-refractivity contribution is 5.99. The summed E-state index contributed by atoms with van der Waals surface area (Å²) in [6.45, 7) is 1.12. The molecule has 1 aromatic rings. The van der Waals surface area contributed by atoms with Crippen molar-refractivity contribution >= 4 is 5.84 Å². The van der Waals surface area contributed by atoms with Gasteiger partial charge in [0.15, 0.2) is 0 Å². The Kier molecular flexibility index (Phi) is 2.24. The van der Waals surface area contributed by atoms with E-state index in [1.54, 1.807) is 12.1 Å². The van der Waals surface area contributed by atoms with Crippen LogP contribution in [0.4, 0.5) is 0 Å². The Bertz CT molecular complexity index is 401. The van der Waals surface area contributed by atoms with Crippen molar-refractivity contribution in [3.63, 3.8) is 0 Å². The van der Waals surface area contributed by atoms with Crippen LogP contribution in [0.25, 0.3) is 0 Å². The van der Waals surface area contributed by atoms with E-state index in [0.717, 1.165) is 11.1 Å². The zero-order valence-corrected chi connectivity index (χ0v) is 7.30. The first-order valence-corrected chi connectivity index (χ1v) is 4.10. The fourth-order valence-electron chi connectivity index (χ4n) is 1.44. The average molecular weight is 192 g/mol. The predicted octanol–water partition coefficient (Wildman–Crippen LogP) is 1.62. The summed E-state index contributed by atoms with van der Waals surface area (Å²) in [4.78, 5) is 10.3. The maximum Gasteiger partial charge on any atom is 0.241 e. The van der Waals surface area contributed by atoms with E-state index >= 15 is 0 Å². The molecule has 0 saturated carbocycles. The molecule has 14 heavy (non-hydrogen) atoms. The zero-order valence-electron chi connectivity index (χ0n) is 7.30. The lowest BCUT2D eigenvalue weighted by atomic mass is 10.1. The van der Waals surface area contributed by atoms with E-state index in [4.69, 9.17) is 9.94 Å². The molecular weight excluding hydrogens is 184 g/mol. The molecule has 1 aromatic carbocycles. The smallest absolute Gasteiger partial charge is 0.241 e. The molecular formula is C9H8N2O3. The van der Waals surface area contributed by atoms with Crippen LogP contribution in [0, 0.1) is 4.91 Å². The molecule has 0 radical (unpaired) electrons. The summed E-state index contributed by atoms with van der Waals surface area (Å²) < 4.78 is 5.21. The van der Waals surface area contributed by atoms with Crippen LogP contribution in [-0.2, 0) is 18.0 Å². The van der Waals surface area contributed by atoms with E-state index in [2.05, 4.69) is 10.3 Å². The minimum Gasteiger partial charge on any atom is -0.409 e. The Balaban J connectivity index is 2.42. The lowest BCUT2D eigenvalue weighted by molar-refractivity contribution is 0.134. The summed E-state index contributed by atoms with van der Waals surface area (Å²) >= 11 is 0. The Hall–Kier alpha value is -1.75. The van der Waals surface area contributed by atoms with Crippen molar-refractivity contribution in [1.29, 1.82) is 0 Å². The number of nitroso groups, excluding NO2 is 1. The van der Waals surface area contributed by atoms with Gasteiger partial charge in [0.05, 0.1) is 13.2 Å². The zero-order chi connectivity index (χ0) is 9.97. The molecule has 1 N–H and O–H groups in total. The summed E-state index contributed by atoms with van der Waals surface area (Å²) in [5.41, 5.74) is 2.61. The van der Waals surface area contributed by atoms with Crippen molar-refractivity contribution in [1.82, 2.24) is 0 Å². The summed E-state index contributed by atoms with van der Waals surface area (Å²) in [6.07, 6.45) is 0. The molecule has 0 amide bonds. The van der Waals surface area contributed by atoms with Crippen LogP contribution in [-0.4, -0.2) is 11.0 Å². The molecule has 1 heterocycles. The van der Waals surface area contributed by atoms with Gasteiger partial charge in [-0.1, -0.05) is 17.3 Å². The van der Waals surface area contributed by atoms with Crippen LogP contribution in [0.1, 0.15) is 16.7 Å². The second-order valence-corrected chi connectivity index (χ2v) is 2.99. The molecule has 72 valence electrons. The van der Waals surface area contributed by atoms with Gasteiger partial charge in [0.1, 0.15) is 0 Å². The van der Waals surface area contributed by atoms with Gasteiger partial charge in [0, 0.05) is 5.56 Å². The second-order valence-electron chi connectivity index (χ2n) is 2.99. The standard InChI is InChI=1S/C9H8N2O3/c12-10-9(11-13)6-1-2-7-4-14-5-8(7)3-6/h1-3,12H,4-5H2. The topological polar surface area (TPSA) is 71.2 Å². The van der Waals surface area contributed by atoms with E-state index in [9.17, 15) is 4.91 Å². The van der Waals surface area contributed by atoms with Crippen LogP contribution >= 0.6 is 0 Å². The molecule has 0 aliphatic carbocycles. The van der Waals surface area contributed by atoms with E-state index in [1.165, 1.54) is 0 Å². The largest absolute Gasteiger partial charge is 0.409 e. The monoisotopic (exact) mass is 192 g/mol. The summed E-state index contributed by atoms with van der Waals surface area (Å²) in [7, 11) is 0. The molecule has 0 spiro atoms. The molecule has 1 aliphatic heterocycles. The van der Waals surface area contributed by atoms with Gasteiger partial charge in [-0.2, -0.15) is 0 Å². The predicted molar refractivity (Wildman–Crippen MR) is 49.1 cm³/mol. The fraction of sp³-hybridized carbons (Fsp3) is 0.222. The number of nitrogens with zero attached hydrogens (tertiary/aromatic N) is 2. The molecule has 0 unspecified atom stereocenters. The molecule has 5 heteroatoms. The molecule has 0 aromatic heterocycles. The van der Waals surface area contributed by atoms with Gasteiger partial charge < -0.3 is 9.94 Å². The lowest BCUT2D eigenvalue weighted by Crippen LogP contribution is -1.97. The highest BCUT2D eigenvalue weighted by Crippen LogP contribution is 2.21. The highest BCUT2D eigenvalue weighted by Gasteiger charge is 2.13. The van der Waals surface area contributed by atoms with Gasteiger partial charge in [-0.15, -0.1) is 4.91 Å². The Morgan fingerprint density at radius 3 is 2.86 bits per heavy atom. The Morgan fingerprint density at radius 2 is 2.14 bits per heavy atom. The number of benzene rings is 1. The third-order valence-corrected chi connectivity index (χ3v) is 2.16. The van der Waals surface area contributed by atoms with Gasteiger partial charge in [-0.3, -0.25) is 0 Å². The quantitative estimate of drug-likeness (QED) is 0.241. The van der Waals surface area contributed by atoms with Crippen LogP contribution in [0.3, 0.4) is 0 Å². The number of rotatable bonds is 1. The summed E-state index contributed by atoms with van der Waals surface area (Å²) in [5.74, 6) is -0.209. The number of oxime groups is 1. The molecule has 5 nitrogen and oxygen atoms in total. The number of hydrogen-bond acceptors (Lipinski definition) is 4. The third kappa shape index (κ3) is 1.38. The fourth-order valence-corrected chi connectivity index (χ4v) is 1.44. The Labute approximate surface area is 80.0 Å². The second kappa shape index (κ2) is 3.55. The van der Waals surface area contributed by atoms with Crippen molar-refractivity contribution in [3.8, 4) is 0 Å². The minimum atomic E-state index is -0.209. The Morgan fingerprint density at radius 1 is 1.36 bits per heavy atom. The van der Waals surface area contributed by atoms with E-state index < -0.39 is 0 Å². The average Bonchev–Trinajstić information content (AvgIpc) is 2.66. The molecule has 0 saturated heterocycles. The summed E-state index contributed by atoms with van der Waals surface area (Å²) in [6, 6.07) is 5.27. The van der Waals surface area contributed by atoms with Crippen molar-refractivity contribution in [3.05, 3.63) is 39.8 Å². The van der Waals surface area contributed by atoms with Gasteiger partial charge >= 0.3 is 0 Å². The molecule has 0 fully saturated rings. The van der Waals surface area contributed by atoms with E-state index in [-0.39, 0.29) is 5.84 Å². The first-order valence-electron chi connectivity index (χ1n) is 4.10. The number of ether oxygens (including phenoxy) is 1. The third-order valence-electron chi connectivity index (χ3n) is 2.16. The van der Waals surface area contributed by atoms with Crippen LogP contribution in [0.2, 0.25) is 0 Å². The van der Waals surface area contributed by atoms with Crippen molar-refractivity contribution in [2.24, 2.45) is 10.3 Å². The first-order chi connectivity index (χ1) is 6.85. The maximum atomic E-state index is 10.3. The van der Waals surface area contributed by atoms with E-state index in [1.807, 2.05) is 6.07 Å². The number of hydrogen-bond donors (Lipinski definition) is 1. The van der Waals surface area contributed by atoms with Crippen LogP contribution in [0.5, 0.6) is 0 Å². The SMILES string of the molecule is O=NC(=NO)c1ccc2c(c1)COC2. The lowest BCUT2D eigenvalue weighted by Gasteiger charge is -1.99. The first kappa shape index (κ1) is 8.83. The number of amidine groups is 1. The molecule has 1 aliphatic rings. The van der Waals surface area contributed by atoms with Crippen molar-refractivity contribution in [2.45, 2.75) is 13.2 Å². The maximum absolute atomic E-state index is 10.3. The molecule has 0 bridgehead atoms. The molecule has 2 rings (SSSR count). The van der Waals surface area contributed by atoms with Crippen molar-refractivity contribution < 1.29 is 9.94 Å². The summed E-state index contributed by atoms with van der Waals surface area (Å²) in [5, 5.41) is 13.9. The van der Waals surface area contributed by atoms with Gasteiger partial charge in [0.2, 0.25) is 5.84 Å². The van der Waals surface area contributed by atoms with Crippen LogP contribution in [0.15, 0.2) is 28.5 Å². The minimum absolute atomic E-state index is 0.209. The van der Waals surface area contributed by atoms with Crippen molar-refractivity contribution in [2.75, 3.05) is 0 Å². The number of fused-ring (bicyclic) bond motifs is 1. The molecule has 0 atom stereocenters. The van der Waals surface area contributed by atoms with Gasteiger partial charge in [-0.25, -0.2) is 0 Å². The van der Waals surface area contributed by atoms with Crippen LogP contribution < -0.4 is 0 Å². The van der Waals surface area contributed by atoms with E-state index in [0.29, 0.717) is 18.8 Å². The normalized spacial score (nSPS) is 15.3. The highest BCUT2D eigenvalue weighted by atomic mass is 16.5.